The number of nitrogens with one attached hydrogen (secondary N) is 1. The number of nitrogens with zero attached hydrogens (tertiary/aromatic N) is 4. The summed E-state index contributed by atoms with van der Waals surface area (Å²) in [6, 6.07) is 14.9. The molecule has 0 spiro atoms. The number of aromatic nitrogens is 4. The molecule has 3 heterocycles. The van der Waals surface area contributed by atoms with Crippen LogP contribution >= 0.6 is 11.8 Å². The predicted octanol–water partition coefficient (Wildman–Crippen LogP) is 3.40. The van der Waals surface area contributed by atoms with Crippen LogP contribution in [-0.2, 0) is 4.79 Å². The standard InChI is InChI=1S/C21H16FN5O2S/c22-13-5-4-6-14(9-13)24-18(28)10-16-12-30-21-25-19-17(20(29)26(16)21)11-23-27(19)15-7-2-1-3-8-15/h1-9,11,16H,10,12H2,(H,24,28). The van der Waals surface area contributed by atoms with Gasteiger partial charge >= 0.3 is 0 Å². The summed E-state index contributed by atoms with van der Waals surface area (Å²) < 4.78 is 16.5. The van der Waals surface area contributed by atoms with Crippen LogP contribution in [0, 0.1) is 5.82 Å². The summed E-state index contributed by atoms with van der Waals surface area (Å²) in [5.74, 6) is -0.150. The van der Waals surface area contributed by atoms with Gasteiger partial charge in [0, 0.05) is 17.9 Å². The Morgan fingerprint density at radius 2 is 2.03 bits per heavy atom. The maximum atomic E-state index is 13.3. The second kappa shape index (κ2) is 7.42. The molecule has 5 rings (SSSR count). The van der Waals surface area contributed by atoms with Gasteiger partial charge in [-0.2, -0.15) is 5.10 Å². The molecule has 1 atom stereocenters. The molecule has 1 aliphatic rings. The number of hydrogen-bond acceptors (Lipinski definition) is 5. The monoisotopic (exact) mass is 421 g/mol. The lowest BCUT2D eigenvalue weighted by atomic mass is 10.2. The fraction of sp³-hybridized carbons (Fsp3) is 0.143. The van der Waals surface area contributed by atoms with E-state index in [0.29, 0.717) is 27.6 Å². The molecule has 7 nitrogen and oxygen atoms in total. The third kappa shape index (κ3) is 3.26. The molecule has 0 radical (unpaired) electrons. The van der Waals surface area contributed by atoms with Crippen molar-refractivity contribution in [3.05, 3.63) is 77.0 Å². The number of para-hydroxylation sites is 1. The van der Waals surface area contributed by atoms with Crippen molar-refractivity contribution in [3.63, 3.8) is 0 Å². The number of carbonyl (C=O) groups is 1. The molecule has 4 aromatic rings. The highest BCUT2D eigenvalue weighted by molar-refractivity contribution is 7.99. The van der Waals surface area contributed by atoms with Crippen molar-refractivity contribution in [2.75, 3.05) is 11.1 Å². The van der Waals surface area contributed by atoms with Crippen LogP contribution in [-0.4, -0.2) is 31.0 Å². The Morgan fingerprint density at radius 1 is 1.20 bits per heavy atom. The summed E-state index contributed by atoms with van der Waals surface area (Å²) in [5, 5.41) is 7.98. The highest BCUT2D eigenvalue weighted by Gasteiger charge is 2.29. The van der Waals surface area contributed by atoms with Crippen molar-refractivity contribution in [3.8, 4) is 5.69 Å². The lowest BCUT2D eigenvalue weighted by molar-refractivity contribution is -0.116. The number of fused-ring (bicyclic) bond motifs is 2. The molecule has 150 valence electrons. The van der Waals surface area contributed by atoms with Crippen molar-refractivity contribution in [1.82, 2.24) is 19.3 Å². The summed E-state index contributed by atoms with van der Waals surface area (Å²) in [6.45, 7) is 0. The second-order valence-electron chi connectivity index (χ2n) is 6.93. The van der Waals surface area contributed by atoms with E-state index in [4.69, 9.17) is 0 Å². The molecule has 0 saturated heterocycles. The van der Waals surface area contributed by atoms with Gasteiger partial charge in [-0.05, 0) is 30.3 Å². The smallest absolute Gasteiger partial charge is 0.265 e. The predicted molar refractivity (Wildman–Crippen MR) is 113 cm³/mol. The van der Waals surface area contributed by atoms with Crippen LogP contribution in [0.3, 0.4) is 0 Å². The Hall–Kier alpha value is -3.46. The Kier molecular flexibility index (Phi) is 4.59. The van der Waals surface area contributed by atoms with Gasteiger partial charge in [-0.25, -0.2) is 14.1 Å². The quantitative estimate of drug-likeness (QED) is 0.511. The number of hydrogen-bond donors (Lipinski definition) is 1. The number of rotatable bonds is 4. The van der Waals surface area contributed by atoms with E-state index in [1.165, 1.54) is 36.2 Å². The first-order chi connectivity index (χ1) is 14.6. The molecule has 2 aromatic carbocycles. The van der Waals surface area contributed by atoms with E-state index >= 15 is 0 Å². The van der Waals surface area contributed by atoms with Gasteiger partial charge in [0.25, 0.3) is 5.56 Å². The van der Waals surface area contributed by atoms with E-state index in [1.54, 1.807) is 15.3 Å². The fourth-order valence-corrected chi connectivity index (χ4v) is 4.66. The van der Waals surface area contributed by atoms with E-state index in [2.05, 4.69) is 15.4 Å². The molecule has 0 saturated carbocycles. The average molecular weight is 421 g/mol. The minimum absolute atomic E-state index is 0.0937. The molecule has 2 aromatic heterocycles. The topological polar surface area (TPSA) is 81.8 Å². The largest absolute Gasteiger partial charge is 0.326 e. The number of benzene rings is 2. The van der Waals surface area contributed by atoms with Gasteiger partial charge < -0.3 is 5.32 Å². The highest BCUT2D eigenvalue weighted by Crippen LogP contribution is 2.33. The third-order valence-corrected chi connectivity index (χ3v) is 6.00. The normalized spacial score (nSPS) is 15.3. The van der Waals surface area contributed by atoms with Crippen LogP contribution in [0.2, 0.25) is 0 Å². The zero-order chi connectivity index (χ0) is 20.7. The third-order valence-electron chi connectivity index (χ3n) is 4.90. The fourth-order valence-electron chi connectivity index (χ4n) is 3.53. The first-order valence-corrected chi connectivity index (χ1v) is 10.3. The van der Waals surface area contributed by atoms with Gasteiger partial charge in [-0.15, -0.1) is 0 Å². The molecule has 9 heteroatoms. The van der Waals surface area contributed by atoms with E-state index in [1.807, 2.05) is 30.3 Å². The van der Waals surface area contributed by atoms with E-state index in [0.717, 1.165) is 5.69 Å². The molecule has 0 bridgehead atoms. The molecule has 1 N–H and O–H groups in total. The number of anilines is 1. The van der Waals surface area contributed by atoms with Gasteiger partial charge in [0.1, 0.15) is 11.2 Å². The van der Waals surface area contributed by atoms with Crippen LogP contribution in [0.15, 0.2) is 70.7 Å². The van der Waals surface area contributed by atoms with Crippen LogP contribution in [0.5, 0.6) is 0 Å². The van der Waals surface area contributed by atoms with Gasteiger partial charge in [0.05, 0.1) is 17.9 Å². The maximum absolute atomic E-state index is 13.3. The van der Waals surface area contributed by atoms with Crippen molar-refractivity contribution in [2.45, 2.75) is 17.6 Å². The van der Waals surface area contributed by atoms with Gasteiger partial charge in [-0.1, -0.05) is 36.0 Å². The second-order valence-corrected chi connectivity index (χ2v) is 7.91. The van der Waals surface area contributed by atoms with Crippen LogP contribution in [0.25, 0.3) is 16.7 Å². The zero-order valence-electron chi connectivity index (χ0n) is 15.7. The summed E-state index contributed by atoms with van der Waals surface area (Å²) in [7, 11) is 0. The Morgan fingerprint density at radius 3 is 2.83 bits per heavy atom. The molecule has 30 heavy (non-hydrogen) atoms. The molecule has 1 aliphatic heterocycles. The zero-order valence-corrected chi connectivity index (χ0v) is 16.5. The van der Waals surface area contributed by atoms with E-state index in [-0.39, 0.29) is 23.9 Å². The van der Waals surface area contributed by atoms with Crippen LogP contribution in [0.4, 0.5) is 10.1 Å². The highest BCUT2D eigenvalue weighted by atomic mass is 32.2. The van der Waals surface area contributed by atoms with Crippen molar-refractivity contribution < 1.29 is 9.18 Å². The number of halogens is 1. The molecular weight excluding hydrogens is 405 g/mol. The first kappa shape index (κ1) is 18.6. The number of amides is 1. The van der Waals surface area contributed by atoms with E-state index < -0.39 is 5.82 Å². The minimum atomic E-state index is -0.423. The average Bonchev–Trinajstić information content (AvgIpc) is 3.34. The summed E-state index contributed by atoms with van der Waals surface area (Å²) in [6.07, 6.45) is 1.61. The van der Waals surface area contributed by atoms with Crippen molar-refractivity contribution in [1.29, 1.82) is 0 Å². The van der Waals surface area contributed by atoms with Crippen LogP contribution in [0.1, 0.15) is 12.5 Å². The van der Waals surface area contributed by atoms with Crippen LogP contribution < -0.4 is 10.9 Å². The molecule has 1 amide bonds. The van der Waals surface area contributed by atoms with Gasteiger partial charge in [0.2, 0.25) is 5.91 Å². The minimum Gasteiger partial charge on any atom is -0.326 e. The molecule has 1 unspecified atom stereocenters. The van der Waals surface area contributed by atoms with Gasteiger partial charge in [-0.3, -0.25) is 14.2 Å². The Balaban J connectivity index is 1.45. The summed E-state index contributed by atoms with van der Waals surface area (Å²) >= 11 is 1.43. The van der Waals surface area contributed by atoms with Crippen molar-refractivity contribution >= 4 is 34.4 Å². The molecule has 0 aliphatic carbocycles. The van der Waals surface area contributed by atoms with E-state index in [9.17, 15) is 14.0 Å². The van der Waals surface area contributed by atoms with Crippen molar-refractivity contribution in [2.24, 2.45) is 0 Å². The molecular formula is C21H16FN5O2S. The molecule has 0 fully saturated rings. The number of carbonyl (C=O) groups excluding carboxylic acids is 1. The van der Waals surface area contributed by atoms with Gasteiger partial charge in [0.15, 0.2) is 10.8 Å². The SMILES string of the molecule is O=C(CC1CSc2nc3c(cnn3-c3ccccc3)c(=O)n21)Nc1cccc(F)c1. The maximum Gasteiger partial charge on any atom is 0.265 e. The lowest BCUT2D eigenvalue weighted by Crippen LogP contribution is -2.27. The Bertz CT molecular complexity index is 1320. The summed E-state index contributed by atoms with van der Waals surface area (Å²) in [4.78, 5) is 30.2. The summed E-state index contributed by atoms with van der Waals surface area (Å²) in [5.41, 5.74) is 1.48. The lowest BCUT2D eigenvalue weighted by Gasteiger charge is -2.13. The number of thioether (sulfide) groups is 1. The first-order valence-electron chi connectivity index (χ1n) is 9.34. The Labute approximate surface area is 174 Å².